The Kier molecular flexibility index (Phi) is 6.26. The maximum Gasteiger partial charge on any atom is 0.319 e. The number of imidazole rings is 1. The quantitative estimate of drug-likeness (QED) is 0.568. The van der Waals surface area contributed by atoms with Crippen LogP contribution >= 0.6 is 11.6 Å². The number of halogens is 3. The van der Waals surface area contributed by atoms with Gasteiger partial charge in [0.2, 0.25) is 0 Å². The van der Waals surface area contributed by atoms with Gasteiger partial charge in [-0.05, 0) is 29.8 Å². The summed E-state index contributed by atoms with van der Waals surface area (Å²) in [7, 11) is 1.53. The van der Waals surface area contributed by atoms with Crippen molar-refractivity contribution in [1.29, 1.82) is 0 Å². The largest absolute Gasteiger partial charge is 0.488 e. The maximum atomic E-state index is 13.0. The average molecular weight is 406 g/mol. The predicted octanol–water partition coefficient (Wildman–Crippen LogP) is 4.78. The highest BCUT2D eigenvalue weighted by Crippen LogP contribution is 2.22. The third kappa shape index (κ3) is 4.67. The van der Waals surface area contributed by atoms with E-state index in [1.54, 1.807) is 36.4 Å². The molecule has 0 saturated carbocycles. The number of aromatic nitrogens is 2. The van der Waals surface area contributed by atoms with Crippen molar-refractivity contribution in [3.05, 3.63) is 82.9 Å². The molecule has 0 aliphatic carbocycles. The van der Waals surface area contributed by atoms with Crippen LogP contribution in [0.1, 0.15) is 28.3 Å². The monoisotopic (exact) mass is 405 g/mol. The lowest BCUT2D eigenvalue weighted by molar-refractivity contribution is 0.0611. The van der Waals surface area contributed by atoms with Crippen molar-refractivity contribution in [2.45, 2.75) is 19.7 Å². The number of ether oxygens (including phenoxy) is 1. The zero-order chi connectivity index (χ0) is 20.1. The first-order chi connectivity index (χ1) is 13.5. The van der Waals surface area contributed by atoms with Crippen molar-refractivity contribution in [3.8, 4) is 5.75 Å². The lowest BCUT2D eigenvalue weighted by Gasteiger charge is -2.19. The SMILES string of the molecule is CN(Cc1nccn1C(F)F)C(=O)c1ccccc1OCc1ccc(Cl)cc1. The number of rotatable bonds is 7. The summed E-state index contributed by atoms with van der Waals surface area (Å²) in [5.41, 5.74) is 1.24. The Morgan fingerprint density at radius 3 is 2.64 bits per heavy atom. The van der Waals surface area contributed by atoms with Gasteiger partial charge in [-0.3, -0.25) is 9.36 Å². The van der Waals surface area contributed by atoms with E-state index in [1.807, 2.05) is 12.1 Å². The number of para-hydroxylation sites is 1. The fourth-order valence-corrected chi connectivity index (χ4v) is 2.77. The van der Waals surface area contributed by atoms with E-state index >= 15 is 0 Å². The number of nitrogens with zero attached hydrogens (tertiary/aromatic N) is 3. The molecule has 0 aliphatic heterocycles. The normalized spacial score (nSPS) is 10.9. The Balaban J connectivity index is 1.72. The zero-order valence-electron chi connectivity index (χ0n) is 15.1. The first kappa shape index (κ1) is 19.8. The van der Waals surface area contributed by atoms with E-state index in [1.165, 1.54) is 24.3 Å². The summed E-state index contributed by atoms with van der Waals surface area (Å²) in [5.74, 6) is 0.160. The van der Waals surface area contributed by atoms with Gasteiger partial charge in [0.1, 0.15) is 18.2 Å². The molecule has 5 nitrogen and oxygen atoms in total. The second-order valence-electron chi connectivity index (χ2n) is 6.10. The third-order valence-corrected chi connectivity index (χ3v) is 4.36. The molecule has 3 aromatic rings. The number of benzene rings is 2. The van der Waals surface area contributed by atoms with Crippen molar-refractivity contribution in [2.75, 3.05) is 7.05 Å². The van der Waals surface area contributed by atoms with Gasteiger partial charge in [-0.15, -0.1) is 0 Å². The molecule has 1 heterocycles. The molecular formula is C20H18ClF2N3O2. The molecule has 1 aromatic heterocycles. The molecular weight excluding hydrogens is 388 g/mol. The van der Waals surface area contributed by atoms with Crippen molar-refractivity contribution >= 4 is 17.5 Å². The molecule has 0 atom stereocenters. The smallest absolute Gasteiger partial charge is 0.319 e. The van der Waals surface area contributed by atoms with E-state index in [-0.39, 0.29) is 24.9 Å². The van der Waals surface area contributed by atoms with E-state index in [2.05, 4.69) is 4.98 Å². The molecule has 146 valence electrons. The molecule has 0 saturated heterocycles. The van der Waals surface area contributed by atoms with Crippen LogP contribution in [0, 0.1) is 0 Å². The van der Waals surface area contributed by atoms with Crippen LogP contribution in [0.15, 0.2) is 60.9 Å². The molecule has 28 heavy (non-hydrogen) atoms. The molecule has 0 unspecified atom stereocenters. The Morgan fingerprint density at radius 2 is 1.93 bits per heavy atom. The van der Waals surface area contributed by atoms with Gasteiger partial charge in [0.15, 0.2) is 0 Å². The molecule has 0 spiro atoms. The summed E-state index contributed by atoms with van der Waals surface area (Å²) in [6.45, 7) is -2.50. The highest BCUT2D eigenvalue weighted by atomic mass is 35.5. The van der Waals surface area contributed by atoms with Gasteiger partial charge in [0.25, 0.3) is 5.91 Å². The second-order valence-corrected chi connectivity index (χ2v) is 6.54. The number of carbonyl (C=O) groups excluding carboxylic acids is 1. The van der Waals surface area contributed by atoms with Gasteiger partial charge in [0, 0.05) is 24.5 Å². The molecule has 8 heteroatoms. The lowest BCUT2D eigenvalue weighted by atomic mass is 10.1. The summed E-state index contributed by atoms with van der Waals surface area (Å²) in [6.07, 6.45) is 2.46. The van der Waals surface area contributed by atoms with Crippen LogP contribution in [-0.4, -0.2) is 27.4 Å². The first-order valence-electron chi connectivity index (χ1n) is 8.47. The van der Waals surface area contributed by atoms with Crippen LogP contribution in [-0.2, 0) is 13.2 Å². The number of carbonyl (C=O) groups is 1. The van der Waals surface area contributed by atoms with Crippen LogP contribution in [0.5, 0.6) is 5.75 Å². The van der Waals surface area contributed by atoms with Gasteiger partial charge in [-0.1, -0.05) is 35.9 Å². The van der Waals surface area contributed by atoms with Crippen LogP contribution in [0.2, 0.25) is 5.02 Å². The summed E-state index contributed by atoms with van der Waals surface area (Å²) in [5, 5.41) is 0.628. The maximum absolute atomic E-state index is 13.0. The first-order valence-corrected chi connectivity index (χ1v) is 8.85. The molecule has 0 fully saturated rings. The Labute approximate surface area is 166 Å². The predicted molar refractivity (Wildman–Crippen MR) is 102 cm³/mol. The number of hydrogen-bond acceptors (Lipinski definition) is 3. The van der Waals surface area contributed by atoms with E-state index < -0.39 is 6.55 Å². The number of hydrogen-bond donors (Lipinski definition) is 0. The van der Waals surface area contributed by atoms with Crippen molar-refractivity contribution in [2.24, 2.45) is 0 Å². The fraction of sp³-hybridized carbons (Fsp3) is 0.200. The zero-order valence-corrected chi connectivity index (χ0v) is 15.8. The molecule has 0 aliphatic rings. The minimum atomic E-state index is -2.71. The van der Waals surface area contributed by atoms with Crippen molar-refractivity contribution in [3.63, 3.8) is 0 Å². The van der Waals surface area contributed by atoms with Crippen LogP contribution < -0.4 is 4.74 Å². The Hall–Kier alpha value is -2.93. The van der Waals surface area contributed by atoms with Crippen LogP contribution in [0.25, 0.3) is 0 Å². The van der Waals surface area contributed by atoms with E-state index in [0.29, 0.717) is 16.3 Å². The highest BCUT2D eigenvalue weighted by Gasteiger charge is 2.20. The summed E-state index contributed by atoms with van der Waals surface area (Å²) < 4.78 is 32.5. The minimum absolute atomic E-state index is 0.0539. The van der Waals surface area contributed by atoms with Crippen LogP contribution in [0.3, 0.4) is 0 Å². The van der Waals surface area contributed by atoms with Gasteiger partial charge in [-0.2, -0.15) is 8.78 Å². The van der Waals surface area contributed by atoms with Gasteiger partial charge in [0.05, 0.1) is 12.1 Å². The lowest BCUT2D eigenvalue weighted by Crippen LogP contribution is -2.28. The van der Waals surface area contributed by atoms with Gasteiger partial charge in [-0.25, -0.2) is 4.98 Å². The molecule has 0 N–H and O–H groups in total. The van der Waals surface area contributed by atoms with Gasteiger partial charge >= 0.3 is 6.55 Å². The molecule has 3 rings (SSSR count). The summed E-state index contributed by atoms with van der Waals surface area (Å²) >= 11 is 5.87. The van der Waals surface area contributed by atoms with E-state index in [4.69, 9.17) is 16.3 Å². The van der Waals surface area contributed by atoms with Crippen molar-refractivity contribution in [1.82, 2.24) is 14.5 Å². The molecule has 0 radical (unpaired) electrons. The number of alkyl halides is 2. The third-order valence-electron chi connectivity index (χ3n) is 4.11. The number of amides is 1. The Bertz CT molecular complexity index is 945. The van der Waals surface area contributed by atoms with Gasteiger partial charge < -0.3 is 9.64 Å². The molecule has 0 bridgehead atoms. The summed E-state index contributed by atoms with van der Waals surface area (Å²) in [6, 6.07) is 14.0. The standard InChI is InChI=1S/C20H18ClF2N3O2/c1-25(12-18-24-10-11-26(18)20(22)23)19(27)16-4-2-3-5-17(16)28-13-14-6-8-15(21)9-7-14/h2-11,20H,12-13H2,1H3. The molecule has 1 amide bonds. The second kappa shape index (κ2) is 8.84. The molecule has 2 aromatic carbocycles. The van der Waals surface area contributed by atoms with E-state index in [0.717, 1.165) is 10.1 Å². The Morgan fingerprint density at radius 1 is 1.21 bits per heavy atom. The minimum Gasteiger partial charge on any atom is -0.488 e. The fourth-order valence-electron chi connectivity index (χ4n) is 2.64. The summed E-state index contributed by atoms with van der Waals surface area (Å²) in [4.78, 5) is 18.1. The van der Waals surface area contributed by atoms with Crippen LogP contribution in [0.4, 0.5) is 8.78 Å². The van der Waals surface area contributed by atoms with E-state index in [9.17, 15) is 13.6 Å². The average Bonchev–Trinajstić information content (AvgIpc) is 3.15. The van der Waals surface area contributed by atoms with Crippen molar-refractivity contribution < 1.29 is 18.3 Å². The highest BCUT2D eigenvalue weighted by molar-refractivity contribution is 6.30. The topological polar surface area (TPSA) is 47.4 Å².